The van der Waals surface area contributed by atoms with Crippen molar-refractivity contribution in [1.29, 1.82) is 0 Å². The Kier molecular flexibility index (Phi) is 12.3. The van der Waals surface area contributed by atoms with E-state index in [1.54, 1.807) is 0 Å². The van der Waals surface area contributed by atoms with Crippen molar-refractivity contribution in [2.45, 2.75) is 77.0 Å². The first-order chi connectivity index (χ1) is 29.5. The van der Waals surface area contributed by atoms with Gasteiger partial charge in [0.15, 0.2) is 5.75 Å². The minimum atomic E-state index is -2.78. The summed E-state index contributed by atoms with van der Waals surface area (Å²) in [6.07, 6.45) is 0. The van der Waals surface area contributed by atoms with Crippen LogP contribution in [0.3, 0.4) is 0 Å². The van der Waals surface area contributed by atoms with Crippen molar-refractivity contribution in [3.05, 3.63) is 202 Å². The summed E-state index contributed by atoms with van der Waals surface area (Å²) in [6, 6.07) is 55.7. The van der Waals surface area contributed by atoms with Crippen LogP contribution < -0.4 is 9.05 Å². The third kappa shape index (κ3) is 8.89. The smallest absolute Gasteiger partial charge is 0.426 e. The molecule has 8 heteroatoms. The van der Waals surface area contributed by atoms with Crippen molar-refractivity contribution in [3.63, 3.8) is 0 Å². The van der Waals surface area contributed by atoms with Crippen molar-refractivity contribution in [2.75, 3.05) is 33.1 Å². The van der Waals surface area contributed by atoms with Gasteiger partial charge in [-0.15, -0.1) is 0 Å². The van der Waals surface area contributed by atoms with Gasteiger partial charge in [-0.1, -0.05) is 201 Å². The van der Waals surface area contributed by atoms with Crippen LogP contribution in [0.15, 0.2) is 158 Å². The predicted molar refractivity (Wildman–Crippen MR) is 254 cm³/mol. The second kappa shape index (κ2) is 17.3. The predicted octanol–water partition coefficient (Wildman–Crippen LogP) is 14.1. The van der Waals surface area contributed by atoms with Crippen molar-refractivity contribution >= 4 is 16.5 Å². The fourth-order valence-electron chi connectivity index (χ4n) is 8.61. The highest BCUT2D eigenvalue weighted by atomic mass is 31.2. The molecule has 0 unspecified atom stereocenters. The Bertz CT molecular complexity index is 2430. The quantitative estimate of drug-likeness (QED) is 0.114. The summed E-state index contributed by atoms with van der Waals surface area (Å²) in [5.41, 5.74) is 7.82. The molecule has 2 heterocycles. The van der Waals surface area contributed by atoms with Crippen LogP contribution in [-0.4, -0.2) is 33.1 Å². The van der Waals surface area contributed by atoms with Crippen LogP contribution in [0.1, 0.15) is 99.9 Å². The molecule has 2 saturated heterocycles. The SMILES string of the molecule is CC(C)(c1ccccc1)c1ccc(OP2OCC3(CO2)CO[P+](C)(Oc2ccc(C(C)(C)c4ccccc4)cc2C(C)(C)c2ccccc2)OC3)c(C(C)(C)c2ccccc2)c1. The lowest BCUT2D eigenvalue weighted by Crippen LogP contribution is -2.46. The maximum atomic E-state index is 6.90. The molecule has 62 heavy (non-hydrogen) atoms. The Morgan fingerprint density at radius 2 is 0.790 bits per heavy atom. The van der Waals surface area contributed by atoms with Crippen LogP contribution >= 0.6 is 16.5 Å². The molecule has 1 spiro atoms. The van der Waals surface area contributed by atoms with Gasteiger partial charge < -0.3 is 13.6 Å². The van der Waals surface area contributed by atoms with Crippen LogP contribution in [0.2, 0.25) is 0 Å². The zero-order chi connectivity index (χ0) is 43.8. The number of benzene rings is 6. The van der Waals surface area contributed by atoms with Crippen LogP contribution in [0.4, 0.5) is 0 Å². The van der Waals surface area contributed by atoms with E-state index in [4.69, 9.17) is 27.1 Å². The number of hydrogen-bond donors (Lipinski definition) is 0. The van der Waals surface area contributed by atoms with Crippen LogP contribution in [-0.2, 0) is 39.8 Å². The average Bonchev–Trinajstić information content (AvgIpc) is 3.29. The summed E-state index contributed by atoms with van der Waals surface area (Å²) in [6.45, 7) is 21.6. The molecule has 0 N–H and O–H groups in total. The molecule has 2 aliphatic rings. The fraction of sp³-hybridized carbons (Fsp3) is 0.333. The lowest BCUT2D eigenvalue weighted by molar-refractivity contribution is -0.0722. The standard InChI is InChI=1S/C54H61O6P2/c1-50(2,40-22-14-10-15-23-40)44-30-32-48(46(34-44)52(5,6)42-26-18-12-19-27-42)59-61-55-36-54(37-56-61)38-57-62(9,58-39-54)60-49-33-31-45(51(3,4)41-24-16-11-17-25-41)35-47(49)53(7,8)43-28-20-13-21-29-43/h10-35H,36-39H2,1-9H3/q+1. The normalized spacial score (nSPS) is 21.1. The van der Waals surface area contributed by atoms with Gasteiger partial charge in [-0.2, -0.15) is 9.05 Å². The van der Waals surface area contributed by atoms with Crippen molar-refractivity contribution < 1.29 is 27.1 Å². The highest BCUT2D eigenvalue weighted by Crippen LogP contribution is 2.64. The van der Waals surface area contributed by atoms with E-state index in [1.807, 2.05) is 6.66 Å². The first-order valence-electron chi connectivity index (χ1n) is 21.6. The van der Waals surface area contributed by atoms with Crippen molar-refractivity contribution in [3.8, 4) is 11.5 Å². The summed E-state index contributed by atoms with van der Waals surface area (Å²) in [5.74, 6) is 1.52. The maximum absolute atomic E-state index is 6.90. The minimum absolute atomic E-state index is 0.221. The van der Waals surface area contributed by atoms with Gasteiger partial charge in [0.25, 0.3) is 0 Å². The van der Waals surface area contributed by atoms with E-state index in [9.17, 15) is 0 Å². The molecular formula is C54H61O6P2+. The van der Waals surface area contributed by atoms with Gasteiger partial charge in [0.2, 0.25) is 0 Å². The zero-order valence-electron chi connectivity index (χ0n) is 37.7. The van der Waals surface area contributed by atoms with Gasteiger partial charge in [0, 0.05) is 32.8 Å². The molecule has 0 saturated carbocycles. The van der Waals surface area contributed by atoms with Gasteiger partial charge in [0.1, 0.15) is 25.6 Å². The van der Waals surface area contributed by atoms with Crippen molar-refractivity contribution in [1.82, 2.24) is 0 Å². The first-order valence-corrected chi connectivity index (χ1v) is 24.7. The summed E-state index contributed by atoms with van der Waals surface area (Å²) in [4.78, 5) is 0. The second-order valence-electron chi connectivity index (χ2n) is 19.2. The Hall–Kier alpha value is -4.38. The summed E-state index contributed by atoms with van der Waals surface area (Å²) in [5, 5.41) is 0. The molecule has 0 amide bonds. The van der Waals surface area contributed by atoms with Gasteiger partial charge in [-0.05, 0) is 45.5 Å². The van der Waals surface area contributed by atoms with Gasteiger partial charge >= 0.3 is 16.5 Å². The van der Waals surface area contributed by atoms with E-state index in [2.05, 4.69) is 213 Å². The van der Waals surface area contributed by atoms with E-state index < -0.39 is 22.0 Å². The van der Waals surface area contributed by atoms with Crippen LogP contribution in [0.25, 0.3) is 0 Å². The maximum Gasteiger partial charge on any atom is 0.453 e. The Morgan fingerprint density at radius 3 is 1.19 bits per heavy atom. The molecule has 322 valence electrons. The Morgan fingerprint density at radius 1 is 0.435 bits per heavy atom. The van der Waals surface area contributed by atoms with E-state index >= 15 is 0 Å². The Labute approximate surface area is 371 Å². The highest BCUT2D eigenvalue weighted by Gasteiger charge is 2.55. The van der Waals surface area contributed by atoms with E-state index in [-0.39, 0.29) is 21.7 Å². The number of rotatable bonds is 12. The van der Waals surface area contributed by atoms with Gasteiger partial charge in [-0.3, -0.25) is 4.52 Å². The largest absolute Gasteiger partial charge is 0.453 e. The molecule has 0 bridgehead atoms. The Balaban J connectivity index is 0.988. The summed E-state index contributed by atoms with van der Waals surface area (Å²) in [7, 11) is -4.46. The molecular weight excluding hydrogens is 807 g/mol. The van der Waals surface area contributed by atoms with Crippen LogP contribution in [0.5, 0.6) is 11.5 Å². The zero-order valence-corrected chi connectivity index (χ0v) is 39.5. The van der Waals surface area contributed by atoms with Crippen molar-refractivity contribution in [2.24, 2.45) is 5.41 Å². The molecule has 8 rings (SSSR count). The minimum Gasteiger partial charge on any atom is -0.426 e. The van der Waals surface area contributed by atoms with Gasteiger partial charge in [0.05, 0.1) is 18.6 Å². The molecule has 6 aromatic rings. The topological polar surface area (TPSA) is 55.4 Å². The van der Waals surface area contributed by atoms with Gasteiger partial charge in [-0.25, -0.2) is 0 Å². The van der Waals surface area contributed by atoms with Crippen LogP contribution in [0, 0.1) is 5.41 Å². The lowest BCUT2D eigenvalue weighted by Gasteiger charge is -2.41. The number of hydrogen-bond acceptors (Lipinski definition) is 6. The molecule has 6 nitrogen and oxygen atoms in total. The molecule has 0 radical (unpaired) electrons. The second-order valence-corrected chi connectivity index (χ2v) is 22.5. The molecule has 0 atom stereocenters. The first kappa shape index (κ1) is 44.2. The molecule has 0 aromatic heterocycles. The third-order valence-electron chi connectivity index (χ3n) is 13.3. The lowest BCUT2D eigenvalue weighted by atomic mass is 9.73. The molecule has 2 fully saturated rings. The summed E-state index contributed by atoms with van der Waals surface area (Å²) < 4.78 is 39.7. The highest BCUT2D eigenvalue weighted by molar-refractivity contribution is 7.61. The molecule has 6 aromatic carbocycles. The third-order valence-corrected chi connectivity index (χ3v) is 16.1. The van der Waals surface area contributed by atoms with E-state index in [0.717, 1.165) is 22.6 Å². The van der Waals surface area contributed by atoms with E-state index in [0.29, 0.717) is 26.4 Å². The summed E-state index contributed by atoms with van der Waals surface area (Å²) >= 11 is 0. The average molecular weight is 868 g/mol. The monoisotopic (exact) mass is 867 g/mol. The fourth-order valence-corrected chi connectivity index (χ4v) is 11.6. The van der Waals surface area contributed by atoms with E-state index in [1.165, 1.54) is 33.4 Å². The molecule has 0 aliphatic carbocycles. The molecule has 2 aliphatic heterocycles.